The molecule has 0 fully saturated rings. The first-order chi connectivity index (χ1) is 8.91. The quantitative estimate of drug-likeness (QED) is 0.230. The molecule has 0 amide bonds. The smallest absolute Gasteiger partial charge is 0.265 e. The van der Waals surface area contributed by atoms with E-state index in [-0.39, 0.29) is 19.5 Å². The molecule has 110 valence electrons. The van der Waals surface area contributed by atoms with Crippen molar-refractivity contribution in [2.24, 2.45) is 0 Å². The number of ether oxygens (including phenoxy) is 3. The van der Waals surface area contributed by atoms with Crippen molar-refractivity contribution in [2.75, 3.05) is 20.5 Å². The van der Waals surface area contributed by atoms with E-state index in [0.29, 0.717) is 0 Å². The monoisotopic (exact) mass is 329 g/mol. The van der Waals surface area contributed by atoms with Crippen LogP contribution in [0.2, 0.25) is 0 Å². The number of rotatable bonds is 9. The number of allylic oxidation sites excluding steroid dienone is 1. The average molecular weight is 331 g/mol. The summed E-state index contributed by atoms with van der Waals surface area (Å²) in [6.45, 7) is 3.99. The van der Waals surface area contributed by atoms with Crippen LogP contribution < -0.4 is 0 Å². The topological polar surface area (TPSA) is 51.5 Å². The van der Waals surface area contributed by atoms with Crippen LogP contribution in [0.1, 0.15) is 12.8 Å². The highest BCUT2D eigenvalue weighted by Gasteiger charge is 2.28. The highest BCUT2D eigenvalue weighted by molar-refractivity contribution is 6.76. The van der Waals surface area contributed by atoms with Crippen LogP contribution in [0.5, 0.6) is 0 Å². The molecule has 0 saturated heterocycles. The van der Waals surface area contributed by atoms with E-state index >= 15 is 0 Å². The van der Waals surface area contributed by atoms with E-state index in [4.69, 9.17) is 54.4 Å². The van der Waals surface area contributed by atoms with E-state index in [9.17, 15) is 0 Å². The van der Waals surface area contributed by atoms with E-state index < -0.39 is 9.69 Å². The largest absolute Gasteiger partial charge is 0.474 e. The molecule has 0 radical (unpaired) electrons. The van der Waals surface area contributed by atoms with Gasteiger partial charge < -0.3 is 14.2 Å². The number of hydrogen-bond donors (Lipinski definition) is 1. The first kappa shape index (κ1) is 18.7. The normalized spacial score (nSPS) is 13.5. The molecule has 19 heavy (non-hydrogen) atoms. The summed E-state index contributed by atoms with van der Waals surface area (Å²) in [5, 5.41) is 7.33. The Morgan fingerprint density at radius 3 is 2.63 bits per heavy atom. The summed E-state index contributed by atoms with van der Waals surface area (Å²) in [7, 11) is 1.56. The predicted molar refractivity (Wildman–Crippen MR) is 79.3 cm³/mol. The summed E-state index contributed by atoms with van der Waals surface area (Å²) in [5.74, 6) is -0.414. The molecule has 1 N–H and O–H groups in total. The molecule has 0 bridgehead atoms. The Bertz CT molecular complexity index is 303. The highest BCUT2D eigenvalue weighted by Crippen LogP contribution is 2.27. The van der Waals surface area contributed by atoms with E-state index in [1.807, 2.05) is 12.2 Å². The summed E-state index contributed by atoms with van der Waals surface area (Å²) in [5.41, 5.74) is 0. The van der Waals surface area contributed by atoms with E-state index in [0.717, 1.165) is 12.8 Å². The Hall–Kier alpha value is -0.260. The van der Waals surface area contributed by atoms with Gasteiger partial charge in [-0.05, 0) is 18.9 Å². The van der Waals surface area contributed by atoms with Crippen LogP contribution >= 0.6 is 34.8 Å². The number of halogens is 3. The molecule has 0 heterocycles. The zero-order chi connectivity index (χ0) is 14.7. The van der Waals surface area contributed by atoms with Gasteiger partial charge in [0.05, 0.1) is 6.10 Å². The van der Waals surface area contributed by atoms with Crippen molar-refractivity contribution in [3.63, 3.8) is 0 Å². The second-order valence-electron chi connectivity index (χ2n) is 3.54. The van der Waals surface area contributed by atoms with Gasteiger partial charge in [-0.25, -0.2) is 0 Å². The van der Waals surface area contributed by atoms with Gasteiger partial charge in [0.2, 0.25) is 5.90 Å². The van der Waals surface area contributed by atoms with Crippen molar-refractivity contribution >= 4 is 40.7 Å². The number of alkyl halides is 3. The molecule has 7 heteroatoms. The lowest BCUT2D eigenvalue weighted by molar-refractivity contribution is -0.0572. The molecule has 0 aromatic carbocycles. The van der Waals surface area contributed by atoms with Crippen LogP contribution in [0, 0.1) is 5.41 Å². The molecule has 0 aromatic rings. The molecule has 0 aromatic heterocycles. The van der Waals surface area contributed by atoms with Crippen LogP contribution in [-0.2, 0) is 14.2 Å². The van der Waals surface area contributed by atoms with Gasteiger partial charge >= 0.3 is 0 Å². The van der Waals surface area contributed by atoms with Crippen LogP contribution in [0.25, 0.3) is 0 Å². The van der Waals surface area contributed by atoms with Crippen molar-refractivity contribution in [3.8, 4) is 0 Å². The lowest BCUT2D eigenvalue weighted by atomic mass is 10.2. The van der Waals surface area contributed by atoms with Gasteiger partial charge in [0.15, 0.2) is 0 Å². The van der Waals surface area contributed by atoms with Gasteiger partial charge in [0.25, 0.3) is 3.79 Å². The number of hydrogen-bond acceptors (Lipinski definition) is 4. The summed E-state index contributed by atoms with van der Waals surface area (Å²) in [6, 6.07) is 0. The molecule has 0 rings (SSSR count). The third-order valence-electron chi connectivity index (χ3n) is 1.99. The molecular weight excluding hydrogens is 312 g/mol. The highest BCUT2D eigenvalue weighted by atomic mass is 35.6. The lowest BCUT2D eigenvalue weighted by Gasteiger charge is -2.14. The van der Waals surface area contributed by atoms with Gasteiger partial charge in [-0.15, -0.1) is 6.58 Å². The fourth-order valence-corrected chi connectivity index (χ4v) is 1.26. The summed E-state index contributed by atoms with van der Waals surface area (Å²) < 4.78 is 13.4. The third-order valence-corrected chi connectivity index (χ3v) is 2.50. The molecule has 4 nitrogen and oxygen atoms in total. The molecule has 0 spiro atoms. The van der Waals surface area contributed by atoms with Crippen LogP contribution in [0.4, 0.5) is 0 Å². The molecule has 0 aliphatic rings. The molecule has 0 unspecified atom stereocenters. The zero-order valence-corrected chi connectivity index (χ0v) is 13.0. The van der Waals surface area contributed by atoms with Crippen molar-refractivity contribution in [3.05, 3.63) is 24.8 Å². The maximum absolute atomic E-state index is 7.33. The second-order valence-corrected chi connectivity index (χ2v) is 5.82. The van der Waals surface area contributed by atoms with Crippen molar-refractivity contribution < 1.29 is 14.2 Å². The van der Waals surface area contributed by atoms with Gasteiger partial charge in [-0.3, -0.25) is 5.41 Å². The van der Waals surface area contributed by atoms with Gasteiger partial charge in [-0.2, -0.15) is 0 Å². The maximum atomic E-state index is 7.33. The SMILES string of the molecule is C=CCC[C@H](/C=C/COC(=N)C(Cl)(Cl)Cl)OCOC. The number of methoxy groups -OCH3 is 1. The minimum Gasteiger partial charge on any atom is -0.474 e. The minimum absolute atomic E-state index is 0.108. The lowest BCUT2D eigenvalue weighted by Crippen LogP contribution is -2.21. The molecule has 0 aliphatic carbocycles. The Kier molecular flexibility index (Phi) is 10.4. The second kappa shape index (κ2) is 10.5. The van der Waals surface area contributed by atoms with Crippen LogP contribution in [-0.4, -0.2) is 36.3 Å². The summed E-state index contributed by atoms with van der Waals surface area (Å²) >= 11 is 16.4. The Labute approximate surface area is 128 Å². The summed E-state index contributed by atoms with van der Waals surface area (Å²) in [6.07, 6.45) is 6.83. The Morgan fingerprint density at radius 2 is 2.11 bits per heavy atom. The summed E-state index contributed by atoms with van der Waals surface area (Å²) in [4.78, 5) is 0. The van der Waals surface area contributed by atoms with E-state index in [1.165, 1.54) is 0 Å². The van der Waals surface area contributed by atoms with Crippen LogP contribution in [0.15, 0.2) is 24.8 Å². The molecule has 0 aliphatic heterocycles. The Balaban J connectivity index is 4.08. The van der Waals surface area contributed by atoms with Crippen molar-refractivity contribution in [1.82, 2.24) is 0 Å². The van der Waals surface area contributed by atoms with Crippen molar-refractivity contribution in [2.45, 2.75) is 22.7 Å². The van der Waals surface area contributed by atoms with E-state index in [1.54, 1.807) is 13.2 Å². The third kappa shape index (κ3) is 10.2. The minimum atomic E-state index is -1.83. The average Bonchev–Trinajstić information content (AvgIpc) is 2.35. The molecular formula is C12H18Cl3NO3. The maximum Gasteiger partial charge on any atom is 0.265 e. The first-order valence-corrected chi connectivity index (χ1v) is 6.71. The standard InChI is InChI=1S/C12H18Cl3NO3/c1-3-4-6-10(19-9-17-2)7-5-8-18-11(16)12(13,14)15/h3,5,7,10,16H,1,4,6,8-9H2,2H3/b7-5+,16-11?/t10-/m1/s1. The molecule has 1 atom stereocenters. The number of nitrogens with one attached hydrogen (secondary N) is 1. The van der Waals surface area contributed by atoms with Gasteiger partial charge in [-0.1, -0.05) is 47.0 Å². The fourth-order valence-electron chi connectivity index (χ4n) is 1.09. The van der Waals surface area contributed by atoms with Crippen LogP contribution in [0.3, 0.4) is 0 Å². The zero-order valence-electron chi connectivity index (χ0n) is 10.7. The van der Waals surface area contributed by atoms with Gasteiger partial charge in [0, 0.05) is 7.11 Å². The van der Waals surface area contributed by atoms with E-state index in [2.05, 4.69) is 6.58 Å². The fraction of sp³-hybridized carbons (Fsp3) is 0.583. The van der Waals surface area contributed by atoms with Gasteiger partial charge in [0.1, 0.15) is 13.4 Å². The molecule has 0 saturated carbocycles. The van der Waals surface area contributed by atoms with Crippen molar-refractivity contribution in [1.29, 1.82) is 5.41 Å². The first-order valence-electron chi connectivity index (χ1n) is 5.58. The predicted octanol–water partition coefficient (Wildman–Crippen LogP) is 3.86. The Morgan fingerprint density at radius 1 is 1.42 bits per heavy atom.